The zero-order valence-electron chi connectivity index (χ0n) is 18.4. The van der Waals surface area contributed by atoms with Gasteiger partial charge in [-0.25, -0.2) is 4.98 Å². The summed E-state index contributed by atoms with van der Waals surface area (Å²) < 4.78 is 0. The highest BCUT2D eigenvalue weighted by atomic mass is 15.4. The lowest BCUT2D eigenvalue weighted by atomic mass is 9.97. The standard InChI is InChI=1S/C24H27N7/c1-14-17(11-25)6-5-7-18(14)15(2)27-24-19-10-23(26-12-20(19)16(3)28-29-24)31-13-22-21(31)8-9-30(22)4/h5-7,10,12,15,21-22H,8-9,13H2,1-4H3,(H,27,29)/t15-,21?,22?/m1/s1. The van der Waals surface area contributed by atoms with Crippen molar-refractivity contribution in [2.45, 2.75) is 45.3 Å². The Hall–Kier alpha value is -3.24. The van der Waals surface area contributed by atoms with Crippen molar-refractivity contribution in [2.75, 3.05) is 30.4 Å². The number of nitriles is 1. The number of likely N-dealkylation sites (N-methyl/N-ethyl adjacent to an activating group) is 1. The Kier molecular flexibility index (Phi) is 4.75. The van der Waals surface area contributed by atoms with Crippen LogP contribution in [0.3, 0.4) is 0 Å². The van der Waals surface area contributed by atoms with E-state index in [2.05, 4.69) is 57.5 Å². The molecular formula is C24H27N7. The van der Waals surface area contributed by atoms with Gasteiger partial charge >= 0.3 is 0 Å². The summed E-state index contributed by atoms with van der Waals surface area (Å²) in [6.07, 6.45) is 3.11. The minimum Gasteiger partial charge on any atom is -0.362 e. The van der Waals surface area contributed by atoms with E-state index in [1.807, 2.05) is 32.2 Å². The maximum absolute atomic E-state index is 9.37. The summed E-state index contributed by atoms with van der Waals surface area (Å²) in [5.74, 6) is 1.76. The molecule has 1 N–H and O–H groups in total. The van der Waals surface area contributed by atoms with E-state index in [9.17, 15) is 5.26 Å². The number of nitrogens with zero attached hydrogens (tertiary/aromatic N) is 6. The Morgan fingerprint density at radius 2 is 2.03 bits per heavy atom. The van der Waals surface area contributed by atoms with Crippen molar-refractivity contribution >= 4 is 22.4 Å². The zero-order chi connectivity index (χ0) is 21.7. The Labute approximate surface area is 182 Å². The largest absolute Gasteiger partial charge is 0.362 e. The fourth-order valence-corrected chi connectivity index (χ4v) is 5.03. The van der Waals surface area contributed by atoms with Crippen LogP contribution in [0.5, 0.6) is 0 Å². The van der Waals surface area contributed by atoms with E-state index in [-0.39, 0.29) is 6.04 Å². The number of aryl methyl sites for hydroxylation is 1. The third-order valence-corrected chi connectivity index (χ3v) is 7.02. The molecule has 7 heteroatoms. The predicted octanol–water partition coefficient (Wildman–Crippen LogP) is 3.58. The van der Waals surface area contributed by atoms with Crippen molar-refractivity contribution in [3.63, 3.8) is 0 Å². The number of aromatic nitrogens is 3. The van der Waals surface area contributed by atoms with Crippen LogP contribution in [0.1, 0.15) is 41.8 Å². The first kappa shape index (κ1) is 19.7. The van der Waals surface area contributed by atoms with Crippen LogP contribution in [0.25, 0.3) is 10.8 Å². The molecular weight excluding hydrogens is 386 g/mol. The van der Waals surface area contributed by atoms with E-state index < -0.39 is 0 Å². The zero-order valence-corrected chi connectivity index (χ0v) is 18.4. The van der Waals surface area contributed by atoms with Gasteiger partial charge in [-0.1, -0.05) is 12.1 Å². The molecule has 0 saturated carbocycles. The number of fused-ring (bicyclic) bond motifs is 2. The van der Waals surface area contributed by atoms with Crippen LogP contribution in [0.15, 0.2) is 30.5 Å². The molecule has 3 aromatic rings. The molecule has 4 heterocycles. The molecule has 2 aliphatic rings. The Bertz CT molecular complexity index is 1200. The third-order valence-electron chi connectivity index (χ3n) is 7.02. The van der Waals surface area contributed by atoms with Gasteiger partial charge < -0.3 is 10.2 Å². The maximum Gasteiger partial charge on any atom is 0.157 e. The molecule has 3 atom stereocenters. The number of hydrogen-bond donors (Lipinski definition) is 1. The van der Waals surface area contributed by atoms with E-state index >= 15 is 0 Å². The molecule has 2 saturated heterocycles. The molecule has 2 aromatic heterocycles. The first-order valence-electron chi connectivity index (χ1n) is 10.8. The number of pyridine rings is 1. The maximum atomic E-state index is 9.37. The highest BCUT2D eigenvalue weighted by Crippen LogP contribution is 2.37. The second-order valence-corrected chi connectivity index (χ2v) is 8.78. The smallest absolute Gasteiger partial charge is 0.157 e. The Morgan fingerprint density at radius 1 is 1.19 bits per heavy atom. The van der Waals surface area contributed by atoms with Crippen molar-refractivity contribution in [1.82, 2.24) is 20.1 Å². The van der Waals surface area contributed by atoms with Crippen molar-refractivity contribution in [2.24, 2.45) is 0 Å². The molecule has 5 rings (SSSR count). The summed E-state index contributed by atoms with van der Waals surface area (Å²) in [6.45, 7) is 8.22. The van der Waals surface area contributed by atoms with Gasteiger partial charge in [0.1, 0.15) is 5.82 Å². The average molecular weight is 414 g/mol. The van der Waals surface area contributed by atoms with Gasteiger partial charge in [0.2, 0.25) is 0 Å². The van der Waals surface area contributed by atoms with Gasteiger partial charge in [0.25, 0.3) is 0 Å². The summed E-state index contributed by atoms with van der Waals surface area (Å²) in [5, 5.41) is 23.8. The van der Waals surface area contributed by atoms with Crippen LogP contribution in [0.2, 0.25) is 0 Å². The lowest BCUT2D eigenvalue weighted by Gasteiger charge is -2.47. The van der Waals surface area contributed by atoms with Gasteiger partial charge in [-0.3, -0.25) is 4.90 Å². The van der Waals surface area contributed by atoms with Gasteiger partial charge in [0.15, 0.2) is 5.82 Å². The topological polar surface area (TPSA) is 81.0 Å². The summed E-state index contributed by atoms with van der Waals surface area (Å²) in [6, 6.07) is 11.4. The van der Waals surface area contributed by atoms with Crippen molar-refractivity contribution < 1.29 is 0 Å². The summed E-state index contributed by atoms with van der Waals surface area (Å²) in [7, 11) is 2.21. The molecule has 0 radical (unpaired) electrons. The summed E-state index contributed by atoms with van der Waals surface area (Å²) >= 11 is 0. The van der Waals surface area contributed by atoms with Crippen LogP contribution in [0.4, 0.5) is 11.6 Å². The minimum atomic E-state index is -0.0120. The number of rotatable bonds is 4. The fraction of sp³-hybridized carbons (Fsp3) is 0.417. The van der Waals surface area contributed by atoms with Crippen LogP contribution in [-0.4, -0.2) is 52.3 Å². The SMILES string of the molecule is Cc1c(C#N)cccc1[C@@H](C)Nc1nnc(C)c2cnc(N3CC4C3CCN4C)cc12. The Morgan fingerprint density at radius 3 is 2.81 bits per heavy atom. The monoisotopic (exact) mass is 413 g/mol. The first-order valence-corrected chi connectivity index (χ1v) is 10.8. The van der Waals surface area contributed by atoms with Crippen molar-refractivity contribution in [3.8, 4) is 6.07 Å². The van der Waals surface area contributed by atoms with E-state index in [0.29, 0.717) is 17.6 Å². The van der Waals surface area contributed by atoms with Gasteiger partial charge in [0.05, 0.1) is 23.4 Å². The predicted molar refractivity (Wildman–Crippen MR) is 122 cm³/mol. The number of nitrogens with one attached hydrogen (secondary N) is 1. The summed E-state index contributed by atoms with van der Waals surface area (Å²) in [4.78, 5) is 9.63. The molecule has 1 aromatic carbocycles. The number of benzene rings is 1. The number of hydrogen-bond acceptors (Lipinski definition) is 7. The fourth-order valence-electron chi connectivity index (χ4n) is 5.03. The number of likely N-dealkylation sites (tertiary alicyclic amines) is 1. The van der Waals surface area contributed by atoms with Crippen molar-refractivity contribution in [3.05, 3.63) is 52.8 Å². The quantitative estimate of drug-likeness (QED) is 0.700. The summed E-state index contributed by atoms with van der Waals surface area (Å²) in [5.41, 5.74) is 3.65. The molecule has 158 valence electrons. The molecule has 2 fully saturated rings. The molecule has 31 heavy (non-hydrogen) atoms. The molecule has 0 spiro atoms. The lowest BCUT2D eigenvalue weighted by molar-refractivity contribution is 0.241. The third kappa shape index (κ3) is 3.19. The molecule has 0 aliphatic carbocycles. The van der Waals surface area contributed by atoms with Gasteiger partial charge in [-0.2, -0.15) is 10.4 Å². The van der Waals surface area contributed by atoms with E-state index in [4.69, 9.17) is 4.98 Å². The Balaban J connectivity index is 1.49. The van der Waals surface area contributed by atoms with Crippen LogP contribution < -0.4 is 10.2 Å². The minimum absolute atomic E-state index is 0.0120. The molecule has 2 unspecified atom stereocenters. The lowest BCUT2D eigenvalue weighted by Crippen LogP contribution is -2.61. The molecule has 0 bridgehead atoms. The van der Waals surface area contributed by atoms with Gasteiger partial charge in [0, 0.05) is 42.1 Å². The highest BCUT2D eigenvalue weighted by molar-refractivity contribution is 5.94. The highest BCUT2D eigenvalue weighted by Gasteiger charge is 2.45. The average Bonchev–Trinajstić information content (AvgIpc) is 3.03. The van der Waals surface area contributed by atoms with Gasteiger partial charge in [-0.05, 0) is 57.5 Å². The van der Waals surface area contributed by atoms with Crippen LogP contribution in [0, 0.1) is 25.2 Å². The van der Waals surface area contributed by atoms with Crippen LogP contribution in [-0.2, 0) is 0 Å². The second kappa shape index (κ2) is 7.47. The molecule has 0 amide bonds. The molecule has 2 aliphatic heterocycles. The normalized spacial score (nSPS) is 21.5. The van der Waals surface area contributed by atoms with Crippen LogP contribution >= 0.6 is 0 Å². The van der Waals surface area contributed by atoms with Gasteiger partial charge in [-0.15, -0.1) is 5.10 Å². The van der Waals surface area contributed by atoms with E-state index in [1.165, 1.54) is 6.42 Å². The van der Waals surface area contributed by atoms with E-state index in [1.54, 1.807) is 0 Å². The van der Waals surface area contributed by atoms with E-state index in [0.717, 1.165) is 52.3 Å². The second-order valence-electron chi connectivity index (χ2n) is 8.78. The van der Waals surface area contributed by atoms with Crippen molar-refractivity contribution in [1.29, 1.82) is 5.26 Å². The number of anilines is 2. The molecule has 7 nitrogen and oxygen atoms in total. The first-order chi connectivity index (χ1) is 15.0.